The van der Waals surface area contributed by atoms with Gasteiger partial charge in [0.05, 0.1) is 6.61 Å². The standard InChI is InChI=1S/C21H17NO3/c1-2-24-16-7-5-6-14(12-16)21(23)22-15-10-11-18-17-8-3-4-9-19(17)25-20(18)13-15/h3-13H,2H2,1H3,(H,22,23). The molecule has 0 aliphatic rings. The van der Waals surface area contributed by atoms with Crippen molar-refractivity contribution in [1.82, 2.24) is 0 Å². The zero-order valence-electron chi connectivity index (χ0n) is 13.8. The van der Waals surface area contributed by atoms with Crippen LogP contribution in [0.15, 0.2) is 71.1 Å². The number of anilines is 1. The van der Waals surface area contributed by atoms with Gasteiger partial charge in [0.1, 0.15) is 16.9 Å². The summed E-state index contributed by atoms with van der Waals surface area (Å²) < 4.78 is 11.3. The summed E-state index contributed by atoms with van der Waals surface area (Å²) in [4.78, 5) is 12.5. The molecule has 3 aromatic carbocycles. The monoisotopic (exact) mass is 331 g/mol. The Morgan fingerprint density at radius 1 is 0.960 bits per heavy atom. The first kappa shape index (κ1) is 15.3. The highest BCUT2D eigenvalue weighted by Gasteiger charge is 2.10. The second-order valence-corrected chi connectivity index (χ2v) is 5.72. The fourth-order valence-electron chi connectivity index (χ4n) is 2.90. The van der Waals surface area contributed by atoms with Crippen LogP contribution in [0.5, 0.6) is 5.75 Å². The minimum absolute atomic E-state index is 0.183. The van der Waals surface area contributed by atoms with Crippen molar-refractivity contribution in [2.75, 3.05) is 11.9 Å². The summed E-state index contributed by atoms with van der Waals surface area (Å²) in [6.07, 6.45) is 0. The Hall–Kier alpha value is -3.27. The summed E-state index contributed by atoms with van der Waals surface area (Å²) in [7, 11) is 0. The summed E-state index contributed by atoms with van der Waals surface area (Å²) in [5.41, 5.74) is 2.83. The first-order valence-electron chi connectivity index (χ1n) is 8.20. The van der Waals surface area contributed by atoms with E-state index < -0.39 is 0 Å². The largest absolute Gasteiger partial charge is 0.494 e. The lowest BCUT2D eigenvalue weighted by atomic mass is 10.1. The fourth-order valence-corrected chi connectivity index (χ4v) is 2.90. The van der Waals surface area contributed by atoms with Crippen molar-refractivity contribution >= 4 is 33.5 Å². The maximum atomic E-state index is 12.5. The SMILES string of the molecule is CCOc1cccc(C(=O)Nc2ccc3c(c2)oc2ccccc23)c1. The Bertz CT molecular complexity index is 1070. The molecule has 4 heteroatoms. The van der Waals surface area contributed by atoms with Gasteiger partial charge in [-0.1, -0.05) is 24.3 Å². The van der Waals surface area contributed by atoms with E-state index >= 15 is 0 Å². The minimum atomic E-state index is -0.183. The van der Waals surface area contributed by atoms with Crippen LogP contribution < -0.4 is 10.1 Å². The van der Waals surface area contributed by atoms with Crippen molar-refractivity contribution in [2.45, 2.75) is 6.92 Å². The highest BCUT2D eigenvalue weighted by atomic mass is 16.5. The van der Waals surface area contributed by atoms with Gasteiger partial charge in [-0.05, 0) is 43.3 Å². The molecular weight excluding hydrogens is 314 g/mol. The third-order valence-corrected chi connectivity index (χ3v) is 4.04. The van der Waals surface area contributed by atoms with E-state index in [2.05, 4.69) is 5.32 Å². The summed E-state index contributed by atoms with van der Waals surface area (Å²) in [5, 5.41) is 5.01. The van der Waals surface area contributed by atoms with Crippen molar-refractivity contribution in [1.29, 1.82) is 0 Å². The lowest BCUT2D eigenvalue weighted by Crippen LogP contribution is -2.11. The molecule has 0 aliphatic heterocycles. The molecule has 0 radical (unpaired) electrons. The number of rotatable bonds is 4. The van der Waals surface area contributed by atoms with Gasteiger partial charge < -0.3 is 14.5 Å². The Kier molecular flexibility index (Phi) is 3.86. The summed E-state index contributed by atoms with van der Waals surface area (Å²) in [6, 6.07) is 20.7. The molecule has 1 amide bonds. The van der Waals surface area contributed by atoms with Crippen LogP contribution in [0.3, 0.4) is 0 Å². The highest BCUT2D eigenvalue weighted by Crippen LogP contribution is 2.30. The maximum absolute atomic E-state index is 12.5. The summed E-state index contributed by atoms with van der Waals surface area (Å²) >= 11 is 0. The molecular formula is C21H17NO3. The van der Waals surface area contributed by atoms with Crippen molar-refractivity contribution in [3.63, 3.8) is 0 Å². The number of carbonyl (C=O) groups is 1. The normalized spacial score (nSPS) is 10.9. The lowest BCUT2D eigenvalue weighted by molar-refractivity contribution is 0.102. The minimum Gasteiger partial charge on any atom is -0.494 e. The number of amides is 1. The van der Waals surface area contributed by atoms with Gasteiger partial charge in [-0.15, -0.1) is 0 Å². The lowest BCUT2D eigenvalue weighted by Gasteiger charge is -2.07. The van der Waals surface area contributed by atoms with E-state index in [1.165, 1.54) is 0 Å². The van der Waals surface area contributed by atoms with E-state index in [1.54, 1.807) is 12.1 Å². The maximum Gasteiger partial charge on any atom is 0.255 e. The van der Waals surface area contributed by atoms with Crippen LogP contribution in [0.25, 0.3) is 21.9 Å². The Morgan fingerprint density at radius 3 is 2.68 bits per heavy atom. The van der Waals surface area contributed by atoms with Crippen molar-refractivity contribution in [3.8, 4) is 5.75 Å². The van der Waals surface area contributed by atoms with Gasteiger partial charge in [0.15, 0.2) is 0 Å². The number of carbonyl (C=O) groups excluding carboxylic acids is 1. The van der Waals surface area contributed by atoms with Crippen molar-refractivity contribution < 1.29 is 13.9 Å². The Morgan fingerprint density at radius 2 is 1.80 bits per heavy atom. The number of para-hydroxylation sites is 1. The molecule has 0 unspecified atom stereocenters. The average molecular weight is 331 g/mol. The van der Waals surface area contributed by atoms with E-state index in [1.807, 2.05) is 61.5 Å². The van der Waals surface area contributed by atoms with E-state index in [-0.39, 0.29) is 5.91 Å². The summed E-state index contributed by atoms with van der Waals surface area (Å²) in [6.45, 7) is 2.48. The fraction of sp³-hybridized carbons (Fsp3) is 0.0952. The first-order valence-corrected chi connectivity index (χ1v) is 8.20. The molecule has 0 spiro atoms. The van der Waals surface area contributed by atoms with E-state index in [4.69, 9.17) is 9.15 Å². The van der Waals surface area contributed by atoms with E-state index in [9.17, 15) is 4.79 Å². The number of hydrogen-bond donors (Lipinski definition) is 1. The van der Waals surface area contributed by atoms with Gasteiger partial charge in [-0.3, -0.25) is 4.79 Å². The molecule has 0 bridgehead atoms. The van der Waals surface area contributed by atoms with E-state index in [0.717, 1.165) is 21.9 Å². The molecule has 4 aromatic rings. The van der Waals surface area contributed by atoms with Crippen LogP contribution in [-0.2, 0) is 0 Å². The topological polar surface area (TPSA) is 51.5 Å². The molecule has 1 aromatic heterocycles. The number of hydrogen-bond acceptors (Lipinski definition) is 3. The van der Waals surface area contributed by atoms with Gasteiger partial charge in [0.25, 0.3) is 5.91 Å². The van der Waals surface area contributed by atoms with E-state index in [0.29, 0.717) is 23.6 Å². The molecule has 1 N–H and O–H groups in total. The molecule has 4 rings (SSSR count). The average Bonchev–Trinajstić information content (AvgIpc) is 3.00. The second-order valence-electron chi connectivity index (χ2n) is 5.72. The smallest absolute Gasteiger partial charge is 0.255 e. The zero-order chi connectivity index (χ0) is 17.2. The Labute approximate surface area is 145 Å². The first-order chi connectivity index (χ1) is 12.2. The molecule has 1 heterocycles. The zero-order valence-corrected chi connectivity index (χ0v) is 13.8. The number of fused-ring (bicyclic) bond motifs is 3. The predicted octanol–water partition coefficient (Wildman–Crippen LogP) is 5.24. The van der Waals surface area contributed by atoms with Gasteiger partial charge in [-0.2, -0.15) is 0 Å². The number of benzene rings is 3. The van der Waals surface area contributed by atoms with Crippen LogP contribution in [0.2, 0.25) is 0 Å². The van der Waals surface area contributed by atoms with Crippen LogP contribution in [0.4, 0.5) is 5.69 Å². The number of ether oxygens (including phenoxy) is 1. The van der Waals surface area contributed by atoms with Gasteiger partial charge in [0, 0.05) is 28.1 Å². The van der Waals surface area contributed by atoms with Gasteiger partial charge in [-0.25, -0.2) is 0 Å². The Balaban J connectivity index is 1.62. The molecule has 0 saturated carbocycles. The number of furan rings is 1. The predicted molar refractivity (Wildman–Crippen MR) is 99.3 cm³/mol. The molecule has 4 nitrogen and oxygen atoms in total. The van der Waals surface area contributed by atoms with Crippen molar-refractivity contribution in [2.24, 2.45) is 0 Å². The third-order valence-electron chi connectivity index (χ3n) is 4.04. The van der Waals surface area contributed by atoms with Crippen molar-refractivity contribution in [3.05, 3.63) is 72.3 Å². The molecule has 0 aliphatic carbocycles. The molecule has 0 saturated heterocycles. The van der Waals surface area contributed by atoms with Crippen LogP contribution in [0, 0.1) is 0 Å². The molecule has 0 atom stereocenters. The highest BCUT2D eigenvalue weighted by molar-refractivity contribution is 6.08. The number of nitrogens with one attached hydrogen (secondary N) is 1. The molecule has 124 valence electrons. The van der Waals surface area contributed by atoms with Crippen LogP contribution >= 0.6 is 0 Å². The van der Waals surface area contributed by atoms with Gasteiger partial charge >= 0.3 is 0 Å². The second kappa shape index (κ2) is 6.32. The summed E-state index contributed by atoms with van der Waals surface area (Å²) in [5.74, 6) is 0.500. The molecule has 0 fully saturated rings. The van der Waals surface area contributed by atoms with Crippen LogP contribution in [0.1, 0.15) is 17.3 Å². The van der Waals surface area contributed by atoms with Gasteiger partial charge in [0.2, 0.25) is 0 Å². The van der Waals surface area contributed by atoms with Crippen LogP contribution in [-0.4, -0.2) is 12.5 Å². The quantitative estimate of drug-likeness (QED) is 0.556. The molecule has 25 heavy (non-hydrogen) atoms. The third kappa shape index (κ3) is 2.94.